The Balaban J connectivity index is 1.60. The van der Waals surface area contributed by atoms with Crippen LogP contribution in [0.5, 0.6) is 0 Å². The van der Waals surface area contributed by atoms with E-state index < -0.39 is 0 Å². The van der Waals surface area contributed by atoms with E-state index in [1.54, 1.807) is 15.9 Å². The van der Waals surface area contributed by atoms with E-state index in [0.717, 1.165) is 42.6 Å². The fourth-order valence-electron chi connectivity index (χ4n) is 4.97. The van der Waals surface area contributed by atoms with Gasteiger partial charge in [-0.2, -0.15) is 0 Å². The molecule has 4 rings (SSSR count). The highest BCUT2D eigenvalue weighted by molar-refractivity contribution is 6.09. The van der Waals surface area contributed by atoms with Crippen LogP contribution in [0.3, 0.4) is 0 Å². The maximum atomic E-state index is 13.5. The summed E-state index contributed by atoms with van der Waals surface area (Å²) in [7, 11) is 0. The molecule has 0 aliphatic carbocycles. The fourth-order valence-corrected chi connectivity index (χ4v) is 4.97. The predicted octanol–water partition coefficient (Wildman–Crippen LogP) is 3.50. The van der Waals surface area contributed by atoms with E-state index in [1.165, 1.54) is 0 Å². The largest absolute Gasteiger partial charge is 0.358 e. The zero-order valence-electron chi connectivity index (χ0n) is 20.3. The summed E-state index contributed by atoms with van der Waals surface area (Å²) in [5, 5.41) is 2.95. The van der Waals surface area contributed by atoms with Gasteiger partial charge >= 0.3 is 0 Å². The lowest BCUT2D eigenvalue weighted by molar-refractivity contribution is -0.125. The number of anilines is 2. The predicted molar refractivity (Wildman–Crippen MR) is 134 cm³/mol. The maximum absolute atomic E-state index is 13.5. The van der Waals surface area contributed by atoms with Crippen molar-refractivity contribution in [3.05, 3.63) is 59.2 Å². The summed E-state index contributed by atoms with van der Waals surface area (Å²) in [6, 6.07) is 13.3. The molecular formula is C27H34N4O3. The van der Waals surface area contributed by atoms with Gasteiger partial charge in [0.05, 0.1) is 11.4 Å². The Labute approximate surface area is 201 Å². The zero-order valence-corrected chi connectivity index (χ0v) is 20.3. The van der Waals surface area contributed by atoms with E-state index in [-0.39, 0.29) is 30.3 Å². The Morgan fingerprint density at radius 1 is 1.06 bits per heavy atom. The highest BCUT2D eigenvalue weighted by Crippen LogP contribution is 2.40. The molecule has 0 radical (unpaired) electrons. The number of fused-ring (bicyclic) bond motifs is 3. The minimum Gasteiger partial charge on any atom is -0.358 e. The Bertz CT molecular complexity index is 1080. The van der Waals surface area contributed by atoms with Crippen molar-refractivity contribution in [3.63, 3.8) is 0 Å². The van der Waals surface area contributed by atoms with E-state index in [4.69, 9.17) is 0 Å². The van der Waals surface area contributed by atoms with Crippen LogP contribution >= 0.6 is 0 Å². The number of piperidine rings is 1. The first-order valence-electron chi connectivity index (χ1n) is 12.3. The van der Waals surface area contributed by atoms with Crippen molar-refractivity contribution in [2.24, 2.45) is 0 Å². The van der Waals surface area contributed by atoms with E-state index in [1.807, 2.05) is 57.2 Å². The number of aryl methyl sites for hydroxylation is 1. The number of nitrogens with one attached hydrogen (secondary N) is 1. The number of carbonyl (C=O) groups is 3. The van der Waals surface area contributed by atoms with Gasteiger partial charge in [0.15, 0.2) is 0 Å². The molecule has 7 nitrogen and oxygen atoms in total. The third-order valence-electron chi connectivity index (χ3n) is 6.80. The third-order valence-corrected chi connectivity index (χ3v) is 6.80. The summed E-state index contributed by atoms with van der Waals surface area (Å²) >= 11 is 0. The molecule has 1 atom stereocenters. The van der Waals surface area contributed by atoms with Crippen molar-refractivity contribution in [1.29, 1.82) is 0 Å². The first-order valence-corrected chi connectivity index (χ1v) is 12.3. The van der Waals surface area contributed by atoms with Crippen LogP contribution in [0, 0.1) is 6.92 Å². The van der Waals surface area contributed by atoms with Crippen molar-refractivity contribution >= 4 is 29.1 Å². The van der Waals surface area contributed by atoms with Gasteiger partial charge in [0.2, 0.25) is 11.8 Å². The summed E-state index contributed by atoms with van der Waals surface area (Å²) in [6.45, 7) is 8.30. The van der Waals surface area contributed by atoms with Gasteiger partial charge < -0.3 is 15.1 Å². The topological polar surface area (TPSA) is 73.0 Å². The molecule has 2 aliphatic rings. The molecule has 2 heterocycles. The SMILES string of the molecule is CCN(CC)C(=O)c1ccc2c(c1)N(CC(=O)NCc1cccc(C)c1)C(=O)[C@H]1CCCCN21. The molecule has 0 saturated carbocycles. The summed E-state index contributed by atoms with van der Waals surface area (Å²) in [4.78, 5) is 44.9. The quantitative estimate of drug-likeness (QED) is 0.684. The third kappa shape index (κ3) is 4.79. The molecule has 0 bridgehead atoms. The number of hydrogen-bond acceptors (Lipinski definition) is 4. The summed E-state index contributed by atoms with van der Waals surface area (Å²) < 4.78 is 0. The average molecular weight is 463 g/mol. The second kappa shape index (κ2) is 10.3. The van der Waals surface area contributed by atoms with Crippen LogP contribution in [0.15, 0.2) is 42.5 Å². The monoisotopic (exact) mass is 462 g/mol. The number of hydrogen-bond donors (Lipinski definition) is 1. The molecule has 1 fully saturated rings. The van der Waals surface area contributed by atoms with Gasteiger partial charge in [-0.25, -0.2) is 0 Å². The molecule has 34 heavy (non-hydrogen) atoms. The zero-order chi connectivity index (χ0) is 24.2. The lowest BCUT2D eigenvalue weighted by Gasteiger charge is -2.45. The normalized spacial score (nSPS) is 17.1. The van der Waals surface area contributed by atoms with Crippen molar-refractivity contribution in [2.75, 3.05) is 36.0 Å². The molecule has 2 aliphatic heterocycles. The molecule has 1 N–H and O–H groups in total. The first kappa shape index (κ1) is 23.8. The van der Waals surface area contributed by atoms with Gasteiger partial charge in [-0.3, -0.25) is 19.3 Å². The summed E-state index contributed by atoms with van der Waals surface area (Å²) in [5.74, 6) is -0.347. The maximum Gasteiger partial charge on any atom is 0.253 e. The van der Waals surface area contributed by atoms with Gasteiger partial charge in [0, 0.05) is 31.7 Å². The smallest absolute Gasteiger partial charge is 0.253 e. The Morgan fingerprint density at radius 2 is 1.85 bits per heavy atom. The summed E-state index contributed by atoms with van der Waals surface area (Å²) in [6.07, 6.45) is 2.80. The highest BCUT2D eigenvalue weighted by atomic mass is 16.2. The van der Waals surface area contributed by atoms with E-state index >= 15 is 0 Å². The minimum atomic E-state index is -0.254. The van der Waals surface area contributed by atoms with E-state index in [0.29, 0.717) is 30.9 Å². The van der Waals surface area contributed by atoms with Crippen LogP contribution in [0.2, 0.25) is 0 Å². The molecule has 180 valence electrons. The van der Waals surface area contributed by atoms with Crippen LogP contribution in [-0.2, 0) is 16.1 Å². The molecule has 0 aromatic heterocycles. The van der Waals surface area contributed by atoms with Crippen molar-refractivity contribution in [2.45, 2.75) is 52.6 Å². The van der Waals surface area contributed by atoms with Crippen LogP contribution in [0.25, 0.3) is 0 Å². The van der Waals surface area contributed by atoms with Crippen molar-refractivity contribution in [1.82, 2.24) is 10.2 Å². The number of amides is 3. The second-order valence-electron chi connectivity index (χ2n) is 9.08. The first-order chi connectivity index (χ1) is 16.4. The molecule has 2 aromatic carbocycles. The molecular weight excluding hydrogens is 428 g/mol. The Kier molecular flexibility index (Phi) is 7.20. The lowest BCUT2D eigenvalue weighted by Crippen LogP contribution is -2.57. The van der Waals surface area contributed by atoms with E-state index in [2.05, 4.69) is 10.2 Å². The summed E-state index contributed by atoms with van der Waals surface area (Å²) in [5.41, 5.74) is 4.26. The molecule has 1 saturated heterocycles. The molecule has 0 spiro atoms. The second-order valence-corrected chi connectivity index (χ2v) is 9.08. The lowest BCUT2D eigenvalue weighted by atomic mass is 9.95. The van der Waals surface area contributed by atoms with Crippen LogP contribution < -0.4 is 15.1 Å². The van der Waals surface area contributed by atoms with Crippen molar-refractivity contribution in [3.8, 4) is 0 Å². The molecule has 2 aromatic rings. The van der Waals surface area contributed by atoms with Crippen molar-refractivity contribution < 1.29 is 14.4 Å². The molecule has 7 heteroatoms. The van der Waals surface area contributed by atoms with E-state index in [9.17, 15) is 14.4 Å². The number of nitrogens with zero attached hydrogens (tertiary/aromatic N) is 3. The standard InChI is InChI=1S/C27H34N4O3/c1-4-29(5-2)26(33)21-12-13-22-24(16-21)31(27(34)23-11-6-7-14-30(22)23)18-25(32)28-17-20-10-8-9-19(3)15-20/h8-10,12-13,15-16,23H,4-7,11,14,17-18H2,1-3H3,(H,28,32)/t23-/m1/s1. The van der Waals surface area contributed by atoms with Gasteiger partial charge in [-0.15, -0.1) is 0 Å². The Hall–Kier alpha value is -3.35. The van der Waals surface area contributed by atoms with Gasteiger partial charge in [-0.05, 0) is 63.8 Å². The number of benzene rings is 2. The van der Waals surface area contributed by atoms with Crippen LogP contribution in [0.4, 0.5) is 11.4 Å². The van der Waals surface area contributed by atoms with Gasteiger partial charge in [-0.1, -0.05) is 29.8 Å². The Morgan fingerprint density at radius 3 is 2.59 bits per heavy atom. The highest BCUT2D eigenvalue weighted by Gasteiger charge is 2.40. The number of carbonyl (C=O) groups excluding carboxylic acids is 3. The average Bonchev–Trinajstić information content (AvgIpc) is 2.85. The van der Waals surface area contributed by atoms with Gasteiger partial charge in [0.1, 0.15) is 12.6 Å². The minimum absolute atomic E-state index is 0.0645. The number of rotatable bonds is 7. The van der Waals surface area contributed by atoms with Crippen LogP contribution in [-0.4, -0.2) is 54.8 Å². The van der Waals surface area contributed by atoms with Crippen LogP contribution in [0.1, 0.15) is 54.6 Å². The van der Waals surface area contributed by atoms with Gasteiger partial charge in [0.25, 0.3) is 5.91 Å². The fraction of sp³-hybridized carbons (Fsp3) is 0.444. The molecule has 0 unspecified atom stereocenters. The molecule has 3 amide bonds.